The zero-order valence-corrected chi connectivity index (χ0v) is 14.0. The van der Waals surface area contributed by atoms with Crippen LogP contribution in [0.4, 0.5) is 5.69 Å². The highest BCUT2D eigenvalue weighted by molar-refractivity contribution is 6.09. The van der Waals surface area contributed by atoms with Crippen LogP contribution in [-0.2, 0) is 9.53 Å². The molecule has 128 valence electrons. The molecule has 1 heterocycles. The fourth-order valence-electron chi connectivity index (χ4n) is 2.08. The van der Waals surface area contributed by atoms with E-state index in [4.69, 9.17) is 9.15 Å². The molecule has 2 rings (SSSR count). The predicted octanol–water partition coefficient (Wildman–Crippen LogP) is 2.93. The van der Waals surface area contributed by atoms with Gasteiger partial charge in [0.15, 0.2) is 0 Å². The number of carbonyl (C=O) groups excluding carboxylic acids is 2. The van der Waals surface area contributed by atoms with E-state index >= 15 is 0 Å². The van der Waals surface area contributed by atoms with Crippen molar-refractivity contribution in [1.82, 2.24) is 0 Å². The smallest absolute Gasteiger partial charge is 0.341 e. The van der Waals surface area contributed by atoms with Crippen LogP contribution in [0.3, 0.4) is 0 Å². The van der Waals surface area contributed by atoms with Crippen molar-refractivity contribution in [2.45, 2.75) is 6.92 Å². The van der Waals surface area contributed by atoms with E-state index in [1.807, 2.05) is 6.07 Å². The molecule has 0 radical (unpaired) electrons. The van der Waals surface area contributed by atoms with E-state index in [1.54, 1.807) is 31.2 Å². The lowest BCUT2D eigenvalue weighted by molar-refractivity contribution is -0.112. The Morgan fingerprint density at radius 1 is 1.28 bits per heavy atom. The highest BCUT2D eigenvalue weighted by Crippen LogP contribution is 2.20. The molecule has 0 aliphatic carbocycles. The van der Waals surface area contributed by atoms with Crippen LogP contribution in [0.15, 0.2) is 40.3 Å². The summed E-state index contributed by atoms with van der Waals surface area (Å²) in [6.45, 7) is 1.59. The van der Waals surface area contributed by atoms with Gasteiger partial charge in [0.1, 0.15) is 34.5 Å². The van der Waals surface area contributed by atoms with Gasteiger partial charge in [-0.1, -0.05) is 6.07 Å². The first-order chi connectivity index (χ1) is 12.0. The molecular formula is C18H16N2O5. The molecule has 1 N–H and O–H groups in total. The van der Waals surface area contributed by atoms with E-state index < -0.39 is 11.9 Å². The van der Waals surface area contributed by atoms with Crippen molar-refractivity contribution in [2.24, 2.45) is 0 Å². The standard InChI is InChI=1S/C18H16N2O5/c1-11-16(18(22)24-3)9-15(25-11)7-12(10-19)17(21)20-13-5-4-6-14(8-13)23-2/h4-9H,1-3H3,(H,20,21)/b12-7+. The second-order valence-electron chi connectivity index (χ2n) is 4.97. The zero-order chi connectivity index (χ0) is 18.4. The Morgan fingerprint density at radius 2 is 2.04 bits per heavy atom. The van der Waals surface area contributed by atoms with Gasteiger partial charge in [-0.3, -0.25) is 4.79 Å². The topological polar surface area (TPSA) is 102 Å². The molecular weight excluding hydrogens is 324 g/mol. The fourth-order valence-corrected chi connectivity index (χ4v) is 2.08. The number of hydrogen-bond acceptors (Lipinski definition) is 6. The van der Waals surface area contributed by atoms with Gasteiger partial charge in [0.05, 0.1) is 14.2 Å². The number of furan rings is 1. The van der Waals surface area contributed by atoms with Gasteiger partial charge in [-0.15, -0.1) is 0 Å². The minimum absolute atomic E-state index is 0.173. The number of amides is 1. The number of ether oxygens (including phenoxy) is 2. The van der Waals surface area contributed by atoms with Crippen molar-refractivity contribution in [3.05, 3.63) is 53.0 Å². The molecule has 0 saturated carbocycles. The third-order valence-corrected chi connectivity index (χ3v) is 3.32. The SMILES string of the molecule is COC(=O)c1cc(/C=C(\C#N)C(=O)Nc2cccc(OC)c2)oc1C. The number of esters is 1. The molecule has 0 aliphatic heterocycles. The number of nitrogens with zero attached hydrogens (tertiary/aromatic N) is 1. The first-order valence-corrected chi connectivity index (χ1v) is 7.24. The molecule has 7 heteroatoms. The Balaban J connectivity index is 2.23. The Kier molecular flexibility index (Phi) is 5.58. The first kappa shape index (κ1) is 17.8. The van der Waals surface area contributed by atoms with E-state index in [0.29, 0.717) is 17.2 Å². The minimum atomic E-state index is -0.607. The summed E-state index contributed by atoms with van der Waals surface area (Å²) in [5.74, 6) is -0.0480. The molecule has 1 aromatic carbocycles. The Hall–Kier alpha value is -3.53. The summed E-state index contributed by atoms with van der Waals surface area (Å²) in [5.41, 5.74) is 0.545. The van der Waals surface area contributed by atoms with Gasteiger partial charge in [0, 0.05) is 17.8 Å². The number of rotatable bonds is 5. The molecule has 1 amide bonds. The largest absolute Gasteiger partial charge is 0.497 e. The summed E-state index contributed by atoms with van der Waals surface area (Å²) in [6.07, 6.45) is 1.26. The van der Waals surface area contributed by atoms with E-state index in [9.17, 15) is 14.9 Å². The van der Waals surface area contributed by atoms with Gasteiger partial charge in [-0.25, -0.2) is 4.79 Å². The lowest BCUT2D eigenvalue weighted by Crippen LogP contribution is -2.13. The van der Waals surface area contributed by atoms with Gasteiger partial charge >= 0.3 is 5.97 Å². The van der Waals surface area contributed by atoms with Gasteiger partial charge in [0.25, 0.3) is 5.91 Å². The second kappa shape index (κ2) is 7.84. The number of methoxy groups -OCH3 is 2. The van der Waals surface area contributed by atoms with Gasteiger partial charge in [-0.2, -0.15) is 5.26 Å². The summed E-state index contributed by atoms with van der Waals surface area (Å²) in [6, 6.07) is 9.96. The van der Waals surface area contributed by atoms with Crippen molar-refractivity contribution in [2.75, 3.05) is 19.5 Å². The number of aryl methyl sites for hydroxylation is 1. The Bertz CT molecular complexity index is 874. The summed E-state index contributed by atoms with van der Waals surface area (Å²) in [7, 11) is 2.77. The minimum Gasteiger partial charge on any atom is -0.497 e. The molecule has 2 aromatic rings. The number of nitriles is 1. The summed E-state index contributed by atoms with van der Waals surface area (Å²) >= 11 is 0. The van der Waals surface area contributed by atoms with Crippen LogP contribution in [0.2, 0.25) is 0 Å². The van der Waals surface area contributed by atoms with E-state index in [1.165, 1.54) is 26.4 Å². The van der Waals surface area contributed by atoms with Crippen LogP contribution >= 0.6 is 0 Å². The fraction of sp³-hybridized carbons (Fsp3) is 0.167. The molecule has 1 aromatic heterocycles. The maximum absolute atomic E-state index is 12.3. The van der Waals surface area contributed by atoms with Crippen molar-refractivity contribution < 1.29 is 23.5 Å². The average Bonchev–Trinajstić information content (AvgIpc) is 2.99. The van der Waals surface area contributed by atoms with Crippen molar-refractivity contribution >= 4 is 23.6 Å². The van der Waals surface area contributed by atoms with Crippen LogP contribution in [-0.4, -0.2) is 26.1 Å². The summed E-state index contributed by atoms with van der Waals surface area (Å²) in [4.78, 5) is 23.8. The number of hydrogen-bond donors (Lipinski definition) is 1. The molecule has 25 heavy (non-hydrogen) atoms. The molecule has 0 unspecified atom stereocenters. The number of carbonyl (C=O) groups is 2. The van der Waals surface area contributed by atoms with E-state index in [0.717, 1.165) is 0 Å². The summed E-state index contributed by atoms with van der Waals surface area (Å²) < 4.78 is 15.1. The normalized spacial score (nSPS) is 10.7. The molecule has 0 bridgehead atoms. The molecule has 0 fully saturated rings. The highest BCUT2D eigenvalue weighted by Gasteiger charge is 2.16. The van der Waals surface area contributed by atoms with E-state index in [2.05, 4.69) is 10.1 Å². The van der Waals surface area contributed by atoms with Gasteiger partial charge in [0.2, 0.25) is 0 Å². The Labute approximate surface area is 144 Å². The quantitative estimate of drug-likeness (QED) is 0.510. The maximum Gasteiger partial charge on any atom is 0.341 e. The third kappa shape index (κ3) is 4.26. The maximum atomic E-state index is 12.3. The molecule has 0 saturated heterocycles. The molecule has 0 aliphatic rings. The van der Waals surface area contributed by atoms with Crippen molar-refractivity contribution in [3.8, 4) is 11.8 Å². The predicted molar refractivity (Wildman–Crippen MR) is 90.0 cm³/mol. The van der Waals surface area contributed by atoms with Crippen molar-refractivity contribution in [1.29, 1.82) is 5.26 Å². The number of nitrogens with one attached hydrogen (secondary N) is 1. The lowest BCUT2D eigenvalue weighted by atomic mass is 10.2. The lowest BCUT2D eigenvalue weighted by Gasteiger charge is -2.06. The highest BCUT2D eigenvalue weighted by atomic mass is 16.5. The van der Waals surface area contributed by atoms with Crippen LogP contribution in [0.25, 0.3) is 6.08 Å². The van der Waals surface area contributed by atoms with Crippen LogP contribution < -0.4 is 10.1 Å². The third-order valence-electron chi connectivity index (χ3n) is 3.32. The van der Waals surface area contributed by atoms with Crippen LogP contribution in [0, 0.1) is 18.3 Å². The molecule has 7 nitrogen and oxygen atoms in total. The van der Waals surface area contributed by atoms with Crippen LogP contribution in [0.5, 0.6) is 5.75 Å². The van der Waals surface area contributed by atoms with Crippen molar-refractivity contribution in [3.63, 3.8) is 0 Å². The first-order valence-electron chi connectivity index (χ1n) is 7.24. The monoisotopic (exact) mass is 340 g/mol. The van der Waals surface area contributed by atoms with E-state index in [-0.39, 0.29) is 16.9 Å². The number of anilines is 1. The van der Waals surface area contributed by atoms with Crippen LogP contribution in [0.1, 0.15) is 21.9 Å². The Morgan fingerprint density at radius 3 is 2.68 bits per heavy atom. The number of benzene rings is 1. The molecule has 0 spiro atoms. The van der Waals surface area contributed by atoms with Gasteiger partial charge in [-0.05, 0) is 25.1 Å². The second-order valence-corrected chi connectivity index (χ2v) is 4.97. The zero-order valence-electron chi connectivity index (χ0n) is 14.0. The average molecular weight is 340 g/mol. The molecule has 0 atom stereocenters. The summed E-state index contributed by atoms with van der Waals surface area (Å²) in [5, 5.41) is 11.8. The van der Waals surface area contributed by atoms with Gasteiger partial charge < -0.3 is 19.2 Å².